The van der Waals surface area contributed by atoms with Crippen LogP contribution in [0.4, 0.5) is 14.5 Å². The molecule has 0 spiro atoms. The van der Waals surface area contributed by atoms with Crippen LogP contribution in [0.1, 0.15) is 39.2 Å². The van der Waals surface area contributed by atoms with E-state index in [1.54, 1.807) is 31.2 Å². The lowest BCUT2D eigenvalue weighted by Crippen LogP contribution is -2.53. The lowest BCUT2D eigenvalue weighted by molar-refractivity contribution is -0.140. The molecule has 0 aliphatic heterocycles. The van der Waals surface area contributed by atoms with Gasteiger partial charge in [-0.3, -0.25) is 13.9 Å². The van der Waals surface area contributed by atoms with Gasteiger partial charge in [0.1, 0.15) is 12.6 Å². The van der Waals surface area contributed by atoms with Gasteiger partial charge in [0.05, 0.1) is 11.9 Å². The Morgan fingerprint density at radius 1 is 1.00 bits per heavy atom. The first-order valence-corrected chi connectivity index (χ1v) is 12.9. The van der Waals surface area contributed by atoms with Crippen LogP contribution in [0.15, 0.2) is 48.5 Å². The summed E-state index contributed by atoms with van der Waals surface area (Å²) in [6, 6.07) is 10.6. The number of carbonyl (C=O) groups excluding carboxylic acids is 2. The van der Waals surface area contributed by atoms with Crippen molar-refractivity contribution < 1.29 is 26.8 Å². The van der Waals surface area contributed by atoms with Gasteiger partial charge in [-0.05, 0) is 37.5 Å². The van der Waals surface area contributed by atoms with Crippen molar-refractivity contribution in [3.05, 3.63) is 65.7 Å². The molecule has 0 unspecified atom stereocenters. The molecule has 0 saturated carbocycles. The van der Waals surface area contributed by atoms with E-state index in [1.165, 1.54) is 4.90 Å². The fraction of sp³-hybridized carbons (Fsp3) is 0.417. The number of nitrogens with one attached hydrogen (secondary N) is 1. The summed E-state index contributed by atoms with van der Waals surface area (Å²) in [6.07, 6.45) is 1.87. The monoisotopic (exact) mass is 495 g/mol. The summed E-state index contributed by atoms with van der Waals surface area (Å²) in [5, 5.41) is 2.87. The summed E-state index contributed by atoms with van der Waals surface area (Å²) in [5.74, 6) is -3.37. The summed E-state index contributed by atoms with van der Waals surface area (Å²) < 4.78 is 52.8. The van der Waals surface area contributed by atoms with Crippen LogP contribution in [-0.2, 0) is 26.2 Å². The highest BCUT2D eigenvalue weighted by Crippen LogP contribution is 2.22. The highest BCUT2D eigenvalue weighted by molar-refractivity contribution is 7.92. The number of carbonyl (C=O) groups is 2. The van der Waals surface area contributed by atoms with Crippen molar-refractivity contribution in [1.82, 2.24) is 10.2 Å². The maximum Gasteiger partial charge on any atom is 0.244 e. The van der Waals surface area contributed by atoms with Crippen molar-refractivity contribution in [2.45, 2.75) is 52.2 Å². The molecule has 34 heavy (non-hydrogen) atoms. The topological polar surface area (TPSA) is 86.8 Å². The molecule has 2 aromatic rings. The van der Waals surface area contributed by atoms with Gasteiger partial charge >= 0.3 is 0 Å². The van der Waals surface area contributed by atoms with Gasteiger partial charge < -0.3 is 10.2 Å². The Morgan fingerprint density at radius 3 is 2.18 bits per heavy atom. The Morgan fingerprint density at radius 2 is 1.65 bits per heavy atom. The van der Waals surface area contributed by atoms with Crippen LogP contribution in [-0.4, -0.2) is 50.0 Å². The van der Waals surface area contributed by atoms with Crippen LogP contribution in [0.3, 0.4) is 0 Å². The molecule has 0 aliphatic carbocycles. The molecule has 2 atom stereocenters. The van der Waals surface area contributed by atoms with Crippen molar-refractivity contribution in [3.63, 3.8) is 0 Å². The lowest BCUT2D eigenvalue weighted by Gasteiger charge is -2.33. The number of sulfonamides is 1. The number of halogens is 2. The Kier molecular flexibility index (Phi) is 9.55. The van der Waals surface area contributed by atoms with E-state index in [4.69, 9.17) is 0 Å². The van der Waals surface area contributed by atoms with Gasteiger partial charge in [0.15, 0.2) is 11.6 Å². The molecule has 0 aliphatic rings. The summed E-state index contributed by atoms with van der Waals surface area (Å²) in [7, 11) is -4.03. The van der Waals surface area contributed by atoms with E-state index < -0.39 is 40.2 Å². The van der Waals surface area contributed by atoms with Crippen molar-refractivity contribution in [1.29, 1.82) is 0 Å². The standard InChI is InChI=1S/C24H31F2N3O4S/c1-5-17(3)27-24(31)22(6-2)28(15-18-10-8-7-9-11-18)23(30)16-29(34(4,32)33)19-12-13-20(25)21(26)14-19/h7-14,17,22H,5-6,15-16H2,1-4H3,(H,27,31)/t17-,22+/m1/s1. The Labute approximate surface area is 199 Å². The second-order valence-corrected chi connectivity index (χ2v) is 10.0. The minimum atomic E-state index is -4.03. The van der Waals surface area contributed by atoms with E-state index >= 15 is 0 Å². The molecule has 0 radical (unpaired) electrons. The van der Waals surface area contributed by atoms with Gasteiger partial charge in [0.25, 0.3) is 0 Å². The van der Waals surface area contributed by atoms with Gasteiger partial charge in [0, 0.05) is 18.7 Å². The minimum absolute atomic E-state index is 0.0709. The van der Waals surface area contributed by atoms with E-state index in [-0.39, 0.29) is 24.2 Å². The largest absolute Gasteiger partial charge is 0.352 e. The predicted octanol–water partition coefficient (Wildman–Crippen LogP) is 3.45. The van der Waals surface area contributed by atoms with Crippen LogP contribution in [0.25, 0.3) is 0 Å². The van der Waals surface area contributed by atoms with Gasteiger partial charge in [-0.2, -0.15) is 0 Å². The Bertz CT molecular complexity index is 1100. The number of rotatable bonds is 11. The van der Waals surface area contributed by atoms with Gasteiger partial charge in [-0.1, -0.05) is 44.2 Å². The van der Waals surface area contributed by atoms with E-state index in [2.05, 4.69) is 5.32 Å². The van der Waals surface area contributed by atoms with Crippen LogP contribution in [0.5, 0.6) is 0 Å². The number of anilines is 1. The maximum absolute atomic E-state index is 13.8. The van der Waals surface area contributed by atoms with E-state index in [0.29, 0.717) is 17.1 Å². The third-order valence-electron chi connectivity index (χ3n) is 5.45. The highest BCUT2D eigenvalue weighted by atomic mass is 32.2. The summed E-state index contributed by atoms with van der Waals surface area (Å²) >= 11 is 0. The smallest absolute Gasteiger partial charge is 0.244 e. The summed E-state index contributed by atoms with van der Waals surface area (Å²) in [5.41, 5.74) is 0.566. The number of amides is 2. The zero-order valence-corrected chi connectivity index (χ0v) is 20.6. The van der Waals surface area contributed by atoms with Crippen molar-refractivity contribution in [2.75, 3.05) is 17.1 Å². The molecule has 0 saturated heterocycles. The van der Waals surface area contributed by atoms with Gasteiger partial charge in [-0.25, -0.2) is 17.2 Å². The molecule has 7 nitrogen and oxygen atoms in total. The van der Waals surface area contributed by atoms with Crippen molar-refractivity contribution in [2.24, 2.45) is 0 Å². The van der Waals surface area contributed by atoms with Crippen LogP contribution in [0, 0.1) is 11.6 Å². The van der Waals surface area contributed by atoms with Crippen LogP contribution in [0.2, 0.25) is 0 Å². The quantitative estimate of drug-likeness (QED) is 0.517. The first-order chi connectivity index (χ1) is 16.0. The molecule has 0 fully saturated rings. The molecule has 2 aromatic carbocycles. The fourth-order valence-electron chi connectivity index (χ4n) is 3.39. The van der Waals surface area contributed by atoms with E-state index in [1.807, 2.05) is 19.9 Å². The zero-order chi connectivity index (χ0) is 25.5. The first kappa shape index (κ1) is 27.2. The predicted molar refractivity (Wildman–Crippen MR) is 128 cm³/mol. The normalized spacial score (nSPS) is 13.1. The second kappa shape index (κ2) is 11.9. The van der Waals surface area contributed by atoms with E-state index in [0.717, 1.165) is 30.0 Å². The first-order valence-electron chi connectivity index (χ1n) is 11.0. The van der Waals surface area contributed by atoms with E-state index in [9.17, 15) is 26.8 Å². The number of nitrogens with zero attached hydrogens (tertiary/aromatic N) is 2. The zero-order valence-electron chi connectivity index (χ0n) is 19.8. The van der Waals surface area contributed by atoms with Gasteiger partial charge in [0.2, 0.25) is 21.8 Å². The molecule has 10 heteroatoms. The summed E-state index contributed by atoms with van der Waals surface area (Å²) in [6.45, 7) is 4.92. The molecule has 0 bridgehead atoms. The average molecular weight is 496 g/mol. The molecular formula is C24H31F2N3O4S. The Balaban J connectivity index is 2.43. The second-order valence-electron chi connectivity index (χ2n) is 8.12. The number of benzene rings is 2. The molecule has 2 amide bonds. The third-order valence-corrected chi connectivity index (χ3v) is 6.59. The molecule has 1 N–H and O–H groups in total. The minimum Gasteiger partial charge on any atom is -0.352 e. The number of hydrogen-bond donors (Lipinski definition) is 1. The van der Waals surface area contributed by atoms with Crippen molar-refractivity contribution in [3.8, 4) is 0 Å². The molecule has 186 valence electrons. The summed E-state index contributed by atoms with van der Waals surface area (Å²) in [4.78, 5) is 27.8. The highest BCUT2D eigenvalue weighted by Gasteiger charge is 2.32. The van der Waals surface area contributed by atoms with Crippen LogP contribution >= 0.6 is 0 Å². The van der Waals surface area contributed by atoms with Gasteiger partial charge in [-0.15, -0.1) is 0 Å². The fourth-order valence-corrected chi connectivity index (χ4v) is 4.24. The number of hydrogen-bond acceptors (Lipinski definition) is 4. The lowest BCUT2D eigenvalue weighted by atomic mass is 10.1. The molecule has 2 rings (SSSR count). The average Bonchev–Trinajstić information content (AvgIpc) is 2.78. The molecule has 0 heterocycles. The van der Waals surface area contributed by atoms with Crippen LogP contribution < -0.4 is 9.62 Å². The molecular weight excluding hydrogens is 464 g/mol. The third kappa shape index (κ3) is 7.24. The Hall–Kier alpha value is -3.01. The molecule has 0 aromatic heterocycles. The SMILES string of the molecule is CC[C@@H](C)NC(=O)[C@H](CC)N(Cc1ccccc1)C(=O)CN(c1ccc(F)c(F)c1)S(C)(=O)=O. The maximum atomic E-state index is 13.8. The van der Waals surface area contributed by atoms with Crippen molar-refractivity contribution >= 4 is 27.5 Å².